The van der Waals surface area contributed by atoms with E-state index in [4.69, 9.17) is 9.72 Å². The second-order valence-electron chi connectivity index (χ2n) is 10.3. The fraction of sp³-hybridized carbons (Fsp3) is 0.344. The van der Waals surface area contributed by atoms with Gasteiger partial charge in [0.2, 0.25) is 0 Å². The number of fused-ring (bicyclic) bond motifs is 1. The molecule has 3 aromatic carbocycles. The summed E-state index contributed by atoms with van der Waals surface area (Å²) in [6, 6.07) is 13.8. The number of rotatable bonds is 8. The third kappa shape index (κ3) is 5.88. The first kappa shape index (κ1) is 27.8. The predicted molar refractivity (Wildman–Crippen MR) is 153 cm³/mol. The molecule has 0 N–H and O–H groups in total. The fourth-order valence-corrected chi connectivity index (χ4v) is 5.06. The first-order valence-corrected chi connectivity index (χ1v) is 13.8. The number of amides is 1. The zero-order chi connectivity index (χ0) is 28.2. The first-order valence-electron chi connectivity index (χ1n) is 13.8. The number of ether oxygens (including phenoxy) is 1. The van der Waals surface area contributed by atoms with Crippen molar-refractivity contribution in [2.24, 2.45) is 0 Å². The number of unbranched alkanes of at least 4 members (excludes halogenated alkanes) is 1. The van der Waals surface area contributed by atoms with Crippen LogP contribution >= 0.6 is 0 Å². The molecule has 0 radical (unpaired) electrons. The number of benzene rings is 3. The highest BCUT2D eigenvalue weighted by molar-refractivity contribution is 5.96. The van der Waals surface area contributed by atoms with Gasteiger partial charge in [-0.05, 0) is 54.8 Å². The zero-order valence-electron chi connectivity index (χ0n) is 23.2. The van der Waals surface area contributed by atoms with E-state index in [0.29, 0.717) is 66.3 Å². The molecule has 5 rings (SSSR count). The minimum Gasteiger partial charge on any atom is -0.379 e. The van der Waals surface area contributed by atoms with Gasteiger partial charge < -0.3 is 9.64 Å². The second-order valence-corrected chi connectivity index (χ2v) is 10.3. The van der Waals surface area contributed by atoms with Gasteiger partial charge in [0.25, 0.3) is 5.91 Å². The molecule has 2 heterocycles. The van der Waals surface area contributed by atoms with E-state index in [9.17, 15) is 4.79 Å². The van der Waals surface area contributed by atoms with Crippen molar-refractivity contribution in [1.82, 2.24) is 19.8 Å². The maximum Gasteiger partial charge on any atom is 0.253 e. The van der Waals surface area contributed by atoms with Crippen LogP contribution in [-0.2, 0) is 11.3 Å². The molecule has 4 aromatic rings. The minimum atomic E-state index is -0.581. The van der Waals surface area contributed by atoms with Crippen LogP contribution in [0.1, 0.15) is 41.3 Å². The van der Waals surface area contributed by atoms with Crippen molar-refractivity contribution in [1.29, 1.82) is 0 Å². The highest BCUT2D eigenvalue weighted by Gasteiger charge is 2.19. The van der Waals surface area contributed by atoms with Crippen molar-refractivity contribution in [2.45, 2.75) is 33.2 Å². The number of aromatic nitrogens is 2. The van der Waals surface area contributed by atoms with Crippen molar-refractivity contribution >= 4 is 16.9 Å². The Morgan fingerprint density at radius 2 is 1.80 bits per heavy atom. The zero-order valence-corrected chi connectivity index (χ0v) is 23.2. The average Bonchev–Trinajstić information content (AvgIpc) is 2.97. The van der Waals surface area contributed by atoms with Crippen LogP contribution < -0.4 is 0 Å². The van der Waals surface area contributed by atoms with E-state index in [0.717, 1.165) is 24.0 Å². The van der Waals surface area contributed by atoms with E-state index in [-0.39, 0.29) is 18.0 Å². The standard InChI is InChI=1S/C32H34F2N4O2/c1-4-5-11-37(3)32(39)24-10-9-22(16-21(24)2)30-19-35-29-8-6-7-25(31(29)36-30)23-17-27(33)26(28(34)18-23)20-38-12-14-40-15-13-38/h6-10,16-19H,4-5,11-15,20H2,1-3H3. The molecule has 0 unspecified atom stereocenters. The Bertz CT molecular complexity index is 1510. The molecular formula is C32H34F2N4O2. The smallest absolute Gasteiger partial charge is 0.253 e. The Kier molecular flexibility index (Phi) is 8.47. The van der Waals surface area contributed by atoms with Gasteiger partial charge in [-0.15, -0.1) is 0 Å². The van der Waals surface area contributed by atoms with Gasteiger partial charge in [0.15, 0.2) is 0 Å². The maximum absolute atomic E-state index is 15.2. The molecule has 1 aliphatic rings. The van der Waals surface area contributed by atoms with Crippen LogP contribution in [0.4, 0.5) is 8.78 Å². The predicted octanol–water partition coefficient (Wildman–Crippen LogP) is 6.25. The molecule has 0 atom stereocenters. The van der Waals surface area contributed by atoms with Crippen molar-refractivity contribution < 1.29 is 18.3 Å². The summed E-state index contributed by atoms with van der Waals surface area (Å²) in [5, 5.41) is 0. The topological polar surface area (TPSA) is 58.6 Å². The molecule has 0 aliphatic carbocycles. The number of carbonyl (C=O) groups is 1. The number of hydrogen-bond donors (Lipinski definition) is 0. The van der Waals surface area contributed by atoms with Crippen molar-refractivity contribution in [3.63, 3.8) is 0 Å². The number of morpholine rings is 1. The summed E-state index contributed by atoms with van der Waals surface area (Å²) >= 11 is 0. The summed E-state index contributed by atoms with van der Waals surface area (Å²) < 4.78 is 35.8. The van der Waals surface area contributed by atoms with Gasteiger partial charge >= 0.3 is 0 Å². The molecule has 1 saturated heterocycles. The minimum absolute atomic E-state index is 0.00879. The van der Waals surface area contributed by atoms with E-state index in [1.165, 1.54) is 12.1 Å². The van der Waals surface area contributed by atoms with Crippen LogP contribution in [0, 0.1) is 18.6 Å². The number of halogens is 2. The number of aryl methyl sites for hydroxylation is 1. The number of hydrogen-bond acceptors (Lipinski definition) is 5. The van der Waals surface area contributed by atoms with Gasteiger partial charge in [0, 0.05) is 55.5 Å². The molecule has 8 heteroatoms. The lowest BCUT2D eigenvalue weighted by Gasteiger charge is -2.27. The van der Waals surface area contributed by atoms with Gasteiger partial charge in [-0.3, -0.25) is 14.7 Å². The summed E-state index contributed by atoms with van der Waals surface area (Å²) in [7, 11) is 1.82. The molecule has 1 aliphatic heterocycles. The largest absolute Gasteiger partial charge is 0.379 e. The highest BCUT2D eigenvalue weighted by atomic mass is 19.1. The fourth-order valence-electron chi connectivity index (χ4n) is 5.06. The Morgan fingerprint density at radius 3 is 2.50 bits per heavy atom. The molecule has 0 bridgehead atoms. The lowest BCUT2D eigenvalue weighted by atomic mass is 10.00. The van der Waals surface area contributed by atoms with Gasteiger partial charge in [0.1, 0.15) is 11.6 Å². The Balaban J connectivity index is 1.47. The molecule has 208 valence electrons. The lowest BCUT2D eigenvalue weighted by Crippen LogP contribution is -2.36. The first-order chi connectivity index (χ1) is 19.4. The number of carbonyl (C=O) groups excluding carboxylic acids is 1. The molecule has 1 aromatic heterocycles. The average molecular weight is 545 g/mol. The van der Waals surface area contributed by atoms with E-state index in [1.807, 2.05) is 49.2 Å². The Hall–Kier alpha value is -3.75. The van der Waals surface area contributed by atoms with Crippen LogP contribution in [0.3, 0.4) is 0 Å². The van der Waals surface area contributed by atoms with Crippen LogP contribution in [0.5, 0.6) is 0 Å². The summed E-state index contributed by atoms with van der Waals surface area (Å²) in [6.45, 7) is 7.34. The van der Waals surface area contributed by atoms with Crippen LogP contribution in [0.15, 0.2) is 54.7 Å². The number of nitrogens with zero attached hydrogens (tertiary/aromatic N) is 4. The summed E-state index contributed by atoms with van der Waals surface area (Å²) in [5.41, 5.74) is 5.18. The van der Waals surface area contributed by atoms with Crippen molar-refractivity contribution in [3.05, 3.63) is 83.1 Å². The second kappa shape index (κ2) is 12.2. The van der Waals surface area contributed by atoms with E-state index < -0.39 is 11.6 Å². The quantitative estimate of drug-likeness (QED) is 0.262. The van der Waals surface area contributed by atoms with Crippen LogP contribution in [0.25, 0.3) is 33.4 Å². The van der Waals surface area contributed by atoms with Crippen molar-refractivity contribution in [2.75, 3.05) is 39.9 Å². The third-order valence-electron chi connectivity index (χ3n) is 7.46. The molecule has 0 spiro atoms. The van der Waals surface area contributed by atoms with Gasteiger partial charge in [0.05, 0.1) is 36.1 Å². The van der Waals surface area contributed by atoms with E-state index in [2.05, 4.69) is 11.9 Å². The van der Waals surface area contributed by atoms with Crippen molar-refractivity contribution in [3.8, 4) is 22.4 Å². The van der Waals surface area contributed by atoms with Gasteiger partial charge in [-0.25, -0.2) is 13.8 Å². The van der Waals surface area contributed by atoms with Gasteiger partial charge in [-0.2, -0.15) is 0 Å². The molecule has 40 heavy (non-hydrogen) atoms. The third-order valence-corrected chi connectivity index (χ3v) is 7.46. The Morgan fingerprint density at radius 1 is 1.05 bits per heavy atom. The van der Waals surface area contributed by atoms with Gasteiger partial charge in [-0.1, -0.05) is 31.5 Å². The van der Waals surface area contributed by atoms with E-state index >= 15 is 8.78 Å². The lowest BCUT2D eigenvalue weighted by molar-refractivity contribution is 0.0332. The monoisotopic (exact) mass is 544 g/mol. The SMILES string of the molecule is CCCCN(C)C(=O)c1ccc(-c2cnc3cccc(-c4cc(F)c(CN5CCOCC5)c(F)c4)c3n2)cc1C. The molecule has 1 amide bonds. The van der Waals surface area contributed by atoms with Crippen LogP contribution in [0.2, 0.25) is 0 Å². The maximum atomic E-state index is 15.2. The normalized spacial score (nSPS) is 14.0. The molecule has 0 saturated carbocycles. The van der Waals surface area contributed by atoms with E-state index in [1.54, 1.807) is 17.2 Å². The summed E-state index contributed by atoms with van der Waals surface area (Å²) in [4.78, 5) is 26.1. The molecular weight excluding hydrogens is 510 g/mol. The molecule has 6 nitrogen and oxygen atoms in total. The molecule has 1 fully saturated rings. The summed E-state index contributed by atoms with van der Waals surface area (Å²) in [6.07, 6.45) is 3.66. The number of para-hydroxylation sites is 1. The van der Waals surface area contributed by atoms with Crippen LogP contribution in [-0.4, -0.2) is 65.6 Å². The highest BCUT2D eigenvalue weighted by Crippen LogP contribution is 2.31. The Labute approximate surface area is 233 Å². The summed E-state index contributed by atoms with van der Waals surface area (Å²) in [5.74, 6) is -1.17.